The van der Waals surface area contributed by atoms with Crippen LogP contribution in [0, 0.1) is 6.92 Å². The van der Waals surface area contributed by atoms with Crippen molar-refractivity contribution in [1.29, 1.82) is 0 Å². The van der Waals surface area contributed by atoms with Gasteiger partial charge in [0.25, 0.3) is 0 Å². The average Bonchev–Trinajstić information content (AvgIpc) is 2.30. The Balaban J connectivity index is 2.28. The van der Waals surface area contributed by atoms with Crippen LogP contribution in [0.25, 0.3) is 0 Å². The van der Waals surface area contributed by atoms with Crippen LogP contribution in [0.2, 0.25) is 0 Å². The fourth-order valence-corrected chi connectivity index (χ4v) is 2.03. The van der Waals surface area contributed by atoms with Gasteiger partial charge in [-0.05, 0) is 25.3 Å². The fraction of sp³-hybridized carbons (Fsp3) is 0.308. The number of amides is 2. The normalized spacial score (nSPS) is 19.8. The summed E-state index contributed by atoms with van der Waals surface area (Å²) in [5.74, 6) is 0. The van der Waals surface area contributed by atoms with Crippen molar-refractivity contribution in [3.63, 3.8) is 0 Å². The van der Waals surface area contributed by atoms with Crippen molar-refractivity contribution in [2.75, 3.05) is 0 Å². The summed E-state index contributed by atoms with van der Waals surface area (Å²) in [4.78, 5) is 12.9. The lowest BCUT2D eigenvalue weighted by Gasteiger charge is -2.30. The van der Waals surface area contributed by atoms with E-state index in [4.69, 9.17) is 5.73 Å². The minimum Gasteiger partial charge on any atom is -0.351 e. The Hall–Kier alpha value is -1.77. The quantitative estimate of drug-likeness (QED) is 0.770. The number of hydrogen-bond acceptors (Lipinski definition) is 1. The van der Waals surface area contributed by atoms with Crippen LogP contribution in [0.1, 0.15) is 30.0 Å². The van der Waals surface area contributed by atoms with Gasteiger partial charge in [-0.15, -0.1) is 0 Å². The molecule has 2 amide bonds. The van der Waals surface area contributed by atoms with Crippen LogP contribution in [0.3, 0.4) is 0 Å². The molecule has 0 aliphatic carbocycles. The van der Waals surface area contributed by atoms with Gasteiger partial charge in [0.2, 0.25) is 0 Å². The molecule has 1 unspecified atom stereocenters. The Kier molecular flexibility index (Phi) is 2.95. The molecule has 1 heterocycles. The predicted molar refractivity (Wildman–Crippen MR) is 63.7 cm³/mol. The van der Waals surface area contributed by atoms with E-state index in [1.807, 2.05) is 6.08 Å². The summed E-state index contributed by atoms with van der Waals surface area (Å²) in [5, 5.41) is 0. The van der Waals surface area contributed by atoms with E-state index in [2.05, 4.69) is 31.2 Å². The van der Waals surface area contributed by atoms with Gasteiger partial charge < -0.3 is 5.73 Å². The van der Waals surface area contributed by atoms with E-state index in [0.717, 1.165) is 18.4 Å². The van der Waals surface area contributed by atoms with Gasteiger partial charge in [-0.1, -0.05) is 35.9 Å². The number of allylic oxidation sites excluding steroid dienone is 1. The summed E-state index contributed by atoms with van der Waals surface area (Å²) in [5.41, 5.74) is 7.73. The molecule has 84 valence electrons. The Morgan fingerprint density at radius 1 is 1.38 bits per heavy atom. The lowest BCUT2D eigenvalue weighted by Crippen LogP contribution is -2.36. The number of aryl methyl sites for hydroxylation is 1. The first kappa shape index (κ1) is 10.7. The third-order valence-electron chi connectivity index (χ3n) is 2.93. The highest BCUT2D eigenvalue weighted by atomic mass is 16.2. The van der Waals surface area contributed by atoms with Gasteiger partial charge in [-0.3, -0.25) is 4.90 Å². The third kappa shape index (κ3) is 2.08. The van der Waals surface area contributed by atoms with Gasteiger partial charge in [0, 0.05) is 6.20 Å². The summed E-state index contributed by atoms with van der Waals surface area (Å²) in [6.45, 7) is 2.05. The second-order valence-corrected chi connectivity index (χ2v) is 4.13. The van der Waals surface area contributed by atoms with Gasteiger partial charge in [-0.25, -0.2) is 4.79 Å². The number of primary amides is 1. The highest BCUT2D eigenvalue weighted by Gasteiger charge is 2.23. The summed E-state index contributed by atoms with van der Waals surface area (Å²) >= 11 is 0. The minimum absolute atomic E-state index is 0.0862. The van der Waals surface area contributed by atoms with Crippen molar-refractivity contribution in [3.05, 3.63) is 47.7 Å². The maximum Gasteiger partial charge on any atom is 0.319 e. The van der Waals surface area contributed by atoms with Crippen LogP contribution >= 0.6 is 0 Å². The SMILES string of the molecule is Cc1ccc(C2CCC=CN2C(N)=O)cc1. The van der Waals surface area contributed by atoms with E-state index >= 15 is 0 Å². The van der Waals surface area contributed by atoms with E-state index in [9.17, 15) is 4.79 Å². The Morgan fingerprint density at radius 3 is 2.69 bits per heavy atom. The molecule has 0 saturated heterocycles. The van der Waals surface area contributed by atoms with E-state index in [-0.39, 0.29) is 12.1 Å². The van der Waals surface area contributed by atoms with E-state index in [1.165, 1.54) is 5.56 Å². The molecule has 1 aliphatic heterocycles. The zero-order valence-electron chi connectivity index (χ0n) is 9.39. The predicted octanol–water partition coefficient (Wildman–Crippen LogP) is 2.72. The fourth-order valence-electron chi connectivity index (χ4n) is 2.03. The van der Waals surface area contributed by atoms with Crippen molar-refractivity contribution in [3.8, 4) is 0 Å². The Bertz CT molecular complexity index is 408. The molecule has 3 heteroatoms. The highest BCUT2D eigenvalue weighted by Crippen LogP contribution is 2.29. The van der Waals surface area contributed by atoms with Crippen molar-refractivity contribution < 1.29 is 4.79 Å². The summed E-state index contributed by atoms with van der Waals surface area (Å²) < 4.78 is 0. The van der Waals surface area contributed by atoms with Gasteiger partial charge >= 0.3 is 6.03 Å². The van der Waals surface area contributed by atoms with Gasteiger partial charge in [0.15, 0.2) is 0 Å². The maximum absolute atomic E-state index is 11.3. The molecule has 0 bridgehead atoms. The van der Waals surface area contributed by atoms with Crippen LogP contribution in [-0.4, -0.2) is 10.9 Å². The maximum atomic E-state index is 11.3. The standard InChI is InChI=1S/C13H16N2O/c1-10-5-7-11(8-6-10)12-4-2-3-9-15(12)13(14)16/h3,5-9,12H,2,4H2,1H3,(H2,14,16). The third-order valence-corrected chi connectivity index (χ3v) is 2.93. The van der Waals surface area contributed by atoms with Crippen molar-refractivity contribution in [1.82, 2.24) is 4.90 Å². The first-order chi connectivity index (χ1) is 7.68. The Labute approximate surface area is 95.6 Å². The number of nitrogens with two attached hydrogens (primary N) is 1. The second kappa shape index (κ2) is 4.39. The molecular weight excluding hydrogens is 200 g/mol. The highest BCUT2D eigenvalue weighted by molar-refractivity contribution is 5.74. The van der Waals surface area contributed by atoms with Crippen LogP contribution in [0.4, 0.5) is 4.79 Å². The largest absolute Gasteiger partial charge is 0.351 e. The minimum atomic E-state index is -0.387. The zero-order chi connectivity index (χ0) is 11.5. The molecule has 0 aromatic heterocycles. The average molecular weight is 216 g/mol. The molecule has 3 nitrogen and oxygen atoms in total. The lowest BCUT2D eigenvalue weighted by molar-refractivity contribution is 0.203. The molecule has 2 N–H and O–H groups in total. The summed E-state index contributed by atoms with van der Waals surface area (Å²) in [6.07, 6.45) is 5.69. The number of carbonyl (C=O) groups is 1. The number of urea groups is 1. The van der Waals surface area contributed by atoms with Crippen LogP contribution < -0.4 is 5.73 Å². The molecule has 0 saturated carbocycles. The molecule has 1 aliphatic rings. The molecular formula is C13H16N2O. The number of rotatable bonds is 1. The molecule has 1 aromatic carbocycles. The molecule has 0 fully saturated rings. The van der Waals surface area contributed by atoms with Crippen molar-refractivity contribution in [2.24, 2.45) is 5.73 Å². The first-order valence-electron chi connectivity index (χ1n) is 5.49. The monoisotopic (exact) mass is 216 g/mol. The number of hydrogen-bond donors (Lipinski definition) is 1. The van der Waals surface area contributed by atoms with Crippen molar-refractivity contribution >= 4 is 6.03 Å². The topological polar surface area (TPSA) is 46.3 Å². The zero-order valence-corrected chi connectivity index (χ0v) is 9.39. The summed E-state index contributed by atoms with van der Waals surface area (Å²) in [6, 6.07) is 7.95. The van der Waals surface area contributed by atoms with Gasteiger partial charge in [0.1, 0.15) is 0 Å². The van der Waals surface area contributed by atoms with E-state index in [0.29, 0.717) is 0 Å². The second-order valence-electron chi connectivity index (χ2n) is 4.13. The number of benzene rings is 1. The van der Waals surface area contributed by atoms with E-state index < -0.39 is 0 Å². The molecule has 16 heavy (non-hydrogen) atoms. The lowest BCUT2D eigenvalue weighted by atomic mass is 9.97. The Morgan fingerprint density at radius 2 is 2.06 bits per heavy atom. The van der Waals surface area contributed by atoms with Crippen molar-refractivity contribution in [2.45, 2.75) is 25.8 Å². The molecule has 0 spiro atoms. The van der Waals surface area contributed by atoms with Crippen LogP contribution in [0.15, 0.2) is 36.5 Å². The first-order valence-corrected chi connectivity index (χ1v) is 5.49. The smallest absolute Gasteiger partial charge is 0.319 e. The molecule has 1 aromatic rings. The number of nitrogens with zero attached hydrogens (tertiary/aromatic N) is 1. The molecule has 1 atom stereocenters. The molecule has 0 radical (unpaired) electrons. The van der Waals surface area contributed by atoms with Gasteiger partial charge in [0.05, 0.1) is 6.04 Å². The van der Waals surface area contributed by atoms with Crippen LogP contribution in [-0.2, 0) is 0 Å². The number of carbonyl (C=O) groups excluding carboxylic acids is 1. The van der Waals surface area contributed by atoms with Gasteiger partial charge in [-0.2, -0.15) is 0 Å². The van der Waals surface area contributed by atoms with E-state index in [1.54, 1.807) is 11.1 Å². The molecule has 2 rings (SSSR count). The summed E-state index contributed by atoms with van der Waals surface area (Å²) in [7, 11) is 0. The van der Waals surface area contributed by atoms with Crippen LogP contribution in [0.5, 0.6) is 0 Å².